The molecule has 0 spiro atoms. The summed E-state index contributed by atoms with van der Waals surface area (Å²) in [5.74, 6) is -0.601. The summed E-state index contributed by atoms with van der Waals surface area (Å²) in [6.45, 7) is 0.0636. The van der Waals surface area contributed by atoms with Gasteiger partial charge in [-0.1, -0.05) is 47.2 Å². The van der Waals surface area contributed by atoms with Gasteiger partial charge in [0.05, 0.1) is 17.1 Å². The number of aromatic hydroxyl groups is 1. The van der Waals surface area contributed by atoms with Crippen molar-refractivity contribution in [3.63, 3.8) is 0 Å². The first-order valence-electron chi connectivity index (χ1n) is 7.74. The van der Waals surface area contributed by atoms with Crippen molar-refractivity contribution < 1.29 is 9.50 Å². The highest BCUT2D eigenvalue weighted by Crippen LogP contribution is 2.34. The highest BCUT2D eigenvalue weighted by Gasteiger charge is 2.17. The van der Waals surface area contributed by atoms with Crippen LogP contribution in [-0.4, -0.2) is 15.9 Å². The molecule has 1 aliphatic heterocycles. The van der Waals surface area contributed by atoms with Gasteiger partial charge in [0.15, 0.2) is 0 Å². The predicted octanol–water partition coefficient (Wildman–Crippen LogP) is 4.71. The van der Waals surface area contributed by atoms with Gasteiger partial charge in [0.25, 0.3) is 0 Å². The molecule has 0 radical (unpaired) electrons. The van der Waals surface area contributed by atoms with Crippen LogP contribution in [0.15, 0.2) is 52.3 Å². The van der Waals surface area contributed by atoms with Gasteiger partial charge in [-0.15, -0.1) is 0 Å². The van der Waals surface area contributed by atoms with Crippen molar-refractivity contribution in [3.05, 3.63) is 79.0 Å². The van der Waals surface area contributed by atoms with Gasteiger partial charge in [0.1, 0.15) is 5.82 Å². The summed E-state index contributed by atoms with van der Waals surface area (Å²) < 4.78 is 14.4. The molecule has 4 nitrogen and oxygen atoms in total. The molecular formula is C19H12ClFN2O2S. The molecule has 0 atom stereocenters. The molecule has 7 heteroatoms. The van der Waals surface area contributed by atoms with Crippen LogP contribution in [0, 0.1) is 5.82 Å². The zero-order chi connectivity index (χ0) is 18.3. The summed E-state index contributed by atoms with van der Waals surface area (Å²) in [4.78, 5) is 16.7. The molecular weight excluding hydrogens is 375 g/mol. The van der Waals surface area contributed by atoms with Gasteiger partial charge < -0.3 is 5.11 Å². The Kier molecular flexibility index (Phi) is 4.22. The summed E-state index contributed by atoms with van der Waals surface area (Å²) in [6.07, 6.45) is 3.44. The van der Waals surface area contributed by atoms with Crippen molar-refractivity contribution >= 4 is 46.5 Å². The van der Waals surface area contributed by atoms with Crippen LogP contribution >= 0.6 is 22.9 Å². The largest absolute Gasteiger partial charge is 0.493 e. The van der Waals surface area contributed by atoms with Crippen molar-refractivity contribution in [2.45, 2.75) is 6.54 Å². The average Bonchev–Trinajstić information content (AvgIpc) is 3.14. The molecule has 0 saturated carbocycles. The second-order valence-corrected chi connectivity index (χ2v) is 7.15. The number of nitrogens with zero attached hydrogens (tertiary/aromatic N) is 2. The molecule has 1 aliphatic rings. The Hall–Kier alpha value is -2.70. The number of aromatic nitrogens is 1. The van der Waals surface area contributed by atoms with E-state index in [1.165, 1.54) is 22.8 Å². The SMILES string of the molecule is O=c1sc(/C=C2\C=Nc3ccccc32)c(O)n1Cc1ccc(F)cc1Cl. The number of hydrogen-bond acceptors (Lipinski definition) is 4. The third kappa shape index (κ3) is 2.98. The lowest BCUT2D eigenvalue weighted by Gasteiger charge is -2.06. The fourth-order valence-electron chi connectivity index (χ4n) is 2.76. The van der Waals surface area contributed by atoms with Gasteiger partial charge in [0, 0.05) is 22.4 Å². The molecule has 3 aromatic rings. The van der Waals surface area contributed by atoms with Gasteiger partial charge in [0.2, 0.25) is 5.88 Å². The molecule has 0 fully saturated rings. The molecule has 2 aromatic carbocycles. The number of aliphatic imine (C=N–C) groups is 1. The van der Waals surface area contributed by atoms with Gasteiger partial charge in [-0.3, -0.25) is 14.4 Å². The molecule has 1 N–H and O–H groups in total. The molecule has 0 aliphatic carbocycles. The summed E-state index contributed by atoms with van der Waals surface area (Å²) in [6, 6.07) is 11.6. The van der Waals surface area contributed by atoms with Crippen LogP contribution in [0.3, 0.4) is 0 Å². The maximum absolute atomic E-state index is 13.2. The van der Waals surface area contributed by atoms with Crippen molar-refractivity contribution in [1.82, 2.24) is 4.57 Å². The monoisotopic (exact) mass is 386 g/mol. The van der Waals surface area contributed by atoms with Crippen molar-refractivity contribution in [3.8, 4) is 5.88 Å². The van der Waals surface area contributed by atoms with Gasteiger partial charge in [-0.25, -0.2) is 4.39 Å². The molecule has 0 amide bonds. The van der Waals surface area contributed by atoms with Gasteiger partial charge in [-0.2, -0.15) is 0 Å². The van der Waals surface area contributed by atoms with Gasteiger partial charge >= 0.3 is 4.87 Å². The molecule has 0 bridgehead atoms. The number of rotatable bonds is 3. The normalized spacial score (nSPS) is 14.2. The van der Waals surface area contributed by atoms with E-state index in [0.29, 0.717) is 10.4 Å². The van der Waals surface area contributed by atoms with E-state index in [1.54, 1.807) is 12.3 Å². The molecule has 130 valence electrons. The molecule has 4 rings (SSSR count). The Morgan fingerprint density at radius 1 is 1.27 bits per heavy atom. The van der Waals surface area contributed by atoms with Crippen LogP contribution in [0.2, 0.25) is 5.02 Å². The Morgan fingerprint density at radius 3 is 2.88 bits per heavy atom. The van der Waals surface area contributed by atoms with E-state index in [9.17, 15) is 14.3 Å². The van der Waals surface area contributed by atoms with Crippen LogP contribution in [0.4, 0.5) is 10.1 Å². The van der Waals surface area contributed by atoms with E-state index in [2.05, 4.69) is 4.99 Å². The quantitative estimate of drug-likeness (QED) is 0.708. The summed E-state index contributed by atoms with van der Waals surface area (Å²) >= 11 is 6.95. The zero-order valence-electron chi connectivity index (χ0n) is 13.3. The minimum absolute atomic E-state index is 0.0636. The van der Waals surface area contributed by atoms with Crippen LogP contribution < -0.4 is 4.87 Å². The summed E-state index contributed by atoms with van der Waals surface area (Å²) in [5, 5.41) is 10.7. The number of allylic oxidation sites excluding steroid dienone is 1. The second-order valence-electron chi connectivity index (χ2n) is 5.75. The van der Waals surface area contributed by atoms with Crippen molar-refractivity contribution in [2.24, 2.45) is 4.99 Å². The third-order valence-corrected chi connectivity index (χ3v) is 5.35. The Morgan fingerprint density at radius 2 is 2.08 bits per heavy atom. The first kappa shape index (κ1) is 16.8. The minimum Gasteiger partial charge on any atom is -0.493 e. The standard InChI is InChI=1S/C19H12ClFN2O2S/c20-15-8-13(21)6-5-11(15)10-23-18(24)17(26-19(23)25)7-12-9-22-16-4-2-1-3-14(12)16/h1-9,24H,10H2/b12-7+. The van der Waals surface area contributed by atoms with Crippen LogP contribution in [0.5, 0.6) is 5.88 Å². The maximum Gasteiger partial charge on any atom is 0.310 e. The summed E-state index contributed by atoms with van der Waals surface area (Å²) in [7, 11) is 0. The number of hydrogen-bond donors (Lipinski definition) is 1. The highest BCUT2D eigenvalue weighted by atomic mass is 35.5. The molecule has 2 heterocycles. The van der Waals surface area contributed by atoms with Crippen molar-refractivity contribution in [1.29, 1.82) is 0 Å². The Labute approximate surface area is 157 Å². The lowest BCUT2D eigenvalue weighted by atomic mass is 10.1. The smallest absolute Gasteiger partial charge is 0.310 e. The van der Waals surface area contributed by atoms with E-state index < -0.39 is 5.82 Å². The van der Waals surface area contributed by atoms with Crippen LogP contribution in [0.25, 0.3) is 11.6 Å². The first-order valence-corrected chi connectivity index (χ1v) is 8.94. The molecule has 0 saturated heterocycles. The number of para-hydroxylation sites is 1. The molecule has 0 unspecified atom stereocenters. The number of thiazole rings is 1. The van der Waals surface area contributed by atoms with E-state index in [0.717, 1.165) is 28.2 Å². The zero-order valence-corrected chi connectivity index (χ0v) is 14.9. The maximum atomic E-state index is 13.2. The second kappa shape index (κ2) is 6.55. The third-order valence-electron chi connectivity index (χ3n) is 4.08. The lowest BCUT2D eigenvalue weighted by Crippen LogP contribution is -2.13. The van der Waals surface area contributed by atoms with E-state index >= 15 is 0 Å². The fraction of sp³-hybridized carbons (Fsp3) is 0.0526. The molecule has 26 heavy (non-hydrogen) atoms. The number of benzene rings is 2. The fourth-order valence-corrected chi connectivity index (χ4v) is 3.83. The van der Waals surface area contributed by atoms with Crippen LogP contribution in [-0.2, 0) is 6.54 Å². The highest BCUT2D eigenvalue weighted by molar-refractivity contribution is 7.10. The average molecular weight is 387 g/mol. The summed E-state index contributed by atoms with van der Waals surface area (Å²) in [5.41, 5.74) is 3.17. The van der Waals surface area contributed by atoms with E-state index in [4.69, 9.17) is 11.6 Å². The van der Waals surface area contributed by atoms with E-state index in [-0.39, 0.29) is 22.3 Å². The first-order chi connectivity index (χ1) is 12.5. The Bertz CT molecular complexity index is 1130. The number of fused-ring (bicyclic) bond motifs is 1. The minimum atomic E-state index is -0.453. The molecule has 1 aromatic heterocycles. The topological polar surface area (TPSA) is 54.6 Å². The van der Waals surface area contributed by atoms with Gasteiger partial charge in [-0.05, 0) is 29.8 Å². The Balaban J connectivity index is 1.71. The number of halogens is 2. The lowest BCUT2D eigenvalue weighted by molar-refractivity contribution is 0.420. The van der Waals surface area contributed by atoms with E-state index in [1.807, 2.05) is 24.3 Å². The predicted molar refractivity (Wildman–Crippen MR) is 103 cm³/mol. The van der Waals surface area contributed by atoms with Crippen LogP contribution in [0.1, 0.15) is 16.0 Å². The van der Waals surface area contributed by atoms with Crippen molar-refractivity contribution in [2.75, 3.05) is 0 Å².